The third kappa shape index (κ3) is 4.30. The van der Waals surface area contributed by atoms with Gasteiger partial charge >= 0.3 is 5.97 Å². The van der Waals surface area contributed by atoms with Crippen LogP contribution in [0.2, 0.25) is 0 Å². The summed E-state index contributed by atoms with van der Waals surface area (Å²) in [6.45, 7) is 2.96. The van der Waals surface area contributed by atoms with E-state index in [2.05, 4.69) is 21.9 Å². The van der Waals surface area contributed by atoms with Gasteiger partial charge in [0.05, 0.1) is 36.4 Å². The average Bonchev–Trinajstić information content (AvgIpc) is 2.92. The summed E-state index contributed by atoms with van der Waals surface area (Å²) >= 11 is 0. The van der Waals surface area contributed by atoms with Crippen molar-refractivity contribution in [3.63, 3.8) is 0 Å². The molecule has 1 aromatic heterocycles. The smallest absolute Gasteiger partial charge is 0.337 e. The van der Waals surface area contributed by atoms with E-state index in [0.717, 1.165) is 13.1 Å². The van der Waals surface area contributed by atoms with Gasteiger partial charge in [-0.1, -0.05) is 24.3 Å². The minimum atomic E-state index is -0.469. The molecule has 178 valence electrons. The van der Waals surface area contributed by atoms with Crippen molar-refractivity contribution in [2.24, 2.45) is 0 Å². The van der Waals surface area contributed by atoms with Crippen molar-refractivity contribution < 1.29 is 14.3 Å². The first kappa shape index (κ1) is 22.5. The van der Waals surface area contributed by atoms with Crippen LogP contribution >= 0.6 is 0 Å². The molecular formula is C27H26N4O4. The molecule has 1 aliphatic heterocycles. The number of anilines is 2. The Kier molecular flexibility index (Phi) is 6.10. The third-order valence-electron chi connectivity index (χ3n) is 6.27. The number of rotatable bonds is 5. The lowest BCUT2D eigenvalue weighted by Crippen LogP contribution is -2.48. The molecule has 5 rings (SSSR count). The van der Waals surface area contributed by atoms with Crippen LogP contribution in [0.1, 0.15) is 10.4 Å². The molecule has 0 aliphatic carbocycles. The highest BCUT2D eigenvalue weighted by Crippen LogP contribution is 2.25. The summed E-state index contributed by atoms with van der Waals surface area (Å²) in [5.74, 6) is 0.713. The van der Waals surface area contributed by atoms with Gasteiger partial charge in [-0.3, -0.25) is 4.79 Å². The summed E-state index contributed by atoms with van der Waals surface area (Å²) in [6.07, 6.45) is 0. The zero-order valence-corrected chi connectivity index (χ0v) is 19.7. The number of methoxy groups -OCH3 is 2. The summed E-state index contributed by atoms with van der Waals surface area (Å²) in [5, 5.41) is 0.423. The first-order valence-electron chi connectivity index (χ1n) is 11.4. The predicted molar refractivity (Wildman–Crippen MR) is 136 cm³/mol. The van der Waals surface area contributed by atoms with Crippen LogP contribution < -0.4 is 20.1 Å². The van der Waals surface area contributed by atoms with E-state index in [4.69, 9.17) is 14.5 Å². The Balaban J connectivity index is 1.61. The Morgan fingerprint density at radius 3 is 2.26 bits per heavy atom. The Morgan fingerprint density at radius 1 is 0.829 bits per heavy atom. The average molecular weight is 471 g/mol. The largest absolute Gasteiger partial charge is 0.497 e. The lowest BCUT2D eigenvalue weighted by Gasteiger charge is -2.37. The van der Waals surface area contributed by atoms with E-state index in [9.17, 15) is 9.59 Å². The molecule has 35 heavy (non-hydrogen) atoms. The predicted octanol–water partition coefficient (Wildman–Crippen LogP) is 3.51. The van der Waals surface area contributed by atoms with Crippen molar-refractivity contribution in [2.45, 2.75) is 0 Å². The van der Waals surface area contributed by atoms with Crippen LogP contribution in [0.25, 0.3) is 16.6 Å². The molecule has 8 heteroatoms. The Morgan fingerprint density at radius 2 is 1.54 bits per heavy atom. The monoisotopic (exact) mass is 470 g/mol. The molecule has 1 aliphatic rings. The van der Waals surface area contributed by atoms with Crippen molar-refractivity contribution in [1.29, 1.82) is 0 Å². The van der Waals surface area contributed by atoms with Gasteiger partial charge in [0, 0.05) is 37.9 Å². The summed E-state index contributed by atoms with van der Waals surface area (Å²) in [5.41, 5.74) is 2.44. The van der Waals surface area contributed by atoms with E-state index >= 15 is 0 Å². The fraction of sp³-hybridized carbons (Fsp3) is 0.222. The first-order valence-corrected chi connectivity index (χ1v) is 11.4. The highest BCUT2D eigenvalue weighted by atomic mass is 16.5. The number of carbonyl (C=O) groups is 1. The van der Waals surface area contributed by atoms with E-state index < -0.39 is 5.97 Å². The number of para-hydroxylation sites is 1. The number of ether oxygens (including phenoxy) is 2. The SMILES string of the molecule is COC(=O)c1ccc2c(=O)n(-c3cccc(OC)c3)c(N3CCN(c4ccccc4)CC3)nc2c1. The fourth-order valence-electron chi connectivity index (χ4n) is 4.42. The number of carbonyl (C=O) groups excluding carboxylic acids is 1. The maximum absolute atomic E-state index is 13.8. The van der Waals surface area contributed by atoms with Crippen molar-refractivity contribution in [2.75, 3.05) is 50.2 Å². The van der Waals surface area contributed by atoms with Crippen molar-refractivity contribution >= 4 is 28.5 Å². The molecule has 0 saturated carbocycles. The van der Waals surface area contributed by atoms with Crippen LogP contribution in [-0.4, -0.2) is 55.9 Å². The van der Waals surface area contributed by atoms with Gasteiger partial charge in [-0.05, 0) is 42.5 Å². The molecule has 0 amide bonds. The number of piperazine rings is 1. The molecule has 0 bridgehead atoms. The van der Waals surface area contributed by atoms with Crippen LogP contribution in [0.3, 0.4) is 0 Å². The van der Waals surface area contributed by atoms with Crippen molar-refractivity contribution in [3.8, 4) is 11.4 Å². The minimum Gasteiger partial charge on any atom is -0.497 e. The van der Waals surface area contributed by atoms with Gasteiger partial charge < -0.3 is 19.3 Å². The van der Waals surface area contributed by atoms with Gasteiger partial charge in [0.2, 0.25) is 5.95 Å². The van der Waals surface area contributed by atoms with E-state index in [1.165, 1.54) is 12.8 Å². The zero-order chi connectivity index (χ0) is 24.4. The minimum absolute atomic E-state index is 0.208. The number of esters is 1. The molecule has 0 unspecified atom stereocenters. The molecular weight excluding hydrogens is 444 g/mol. The molecule has 0 N–H and O–H groups in total. The van der Waals surface area contributed by atoms with Crippen LogP contribution in [-0.2, 0) is 4.74 Å². The van der Waals surface area contributed by atoms with E-state index in [-0.39, 0.29) is 5.56 Å². The topological polar surface area (TPSA) is 76.9 Å². The lowest BCUT2D eigenvalue weighted by atomic mass is 10.1. The quantitative estimate of drug-likeness (QED) is 0.413. The number of nitrogens with zero attached hydrogens (tertiary/aromatic N) is 4. The number of benzene rings is 3. The highest BCUT2D eigenvalue weighted by molar-refractivity contribution is 5.94. The van der Waals surface area contributed by atoms with Gasteiger partial charge in [0.1, 0.15) is 5.75 Å². The van der Waals surface area contributed by atoms with Gasteiger partial charge in [0.25, 0.3) is 5.56 Å². The van der Waals surface area contributed by atoms with E-state index in [0.29, 0.717) is 46.9 Å². The maximum atomic E-state index is 13.8. The van der Waals surface area contributed by atoms with Crippen LogP contribution in [0.15, 0.2) is 77.6 Å². The second-order valence-electron chi connectivity index (χ2n) is 8.29. The van der Waals surface area contributed by atoms with Crippen molar-refractivity contribution in [1.82, 2.24) is 9.55 Å². The van der Waals surface area contributed by atoms with Gasteiger partial charge in [-0.15, -0.1) is 0 Å². The standard InChI is InChI=1S/C27H26N4O4/c1-34-22-10-6-9-21(18-22)31-25(32)23-12-11-19(26(33)35-2)17-24(23)28-27(31)30-15-13-29(14-16-30)20-7-4-3-5-8-20/h3-12,17-18H,13-16H2,1-2H3. The van der Waals surface area contributed by atoms with Crippen LogP contribution in [0.4, 0.5) is 11.6 Å². The molecule has 1 saturated heterocycles. The van der Waals surface area contributed by atoms with E-state index in [1.807, 2.05) is 42.5 Å². The molecule has 4 aromatic rings. The zero-order valence-electron chi connectivity index (χ0n) is 19.7. The van der Waals surface area contributed by atoms with Gasteiger partial charge in [0.15, 0.2) is 0 Å². The third-order valence-corrected chi connectivity index (χ3v) is 6.27. The Bertz CT molecular complexity index is 1430. The molecule has 0 radical (unpaired) electrons. The second-order valence-corrected chi connectivity index (χ2v) is 8.29. The highest BCUT2D eigenvalue weighted by Gasteiger charge is 2.24. The van der Waals surface area contributed by atoms with E-state index in [1.54, 1.807) is 29.9 Å². The Hall–Kier alpha value is -4.33. The molecule has 2 heterocycles. The number of hydrogen-bond donors (Lipinski definition) is 0. The Labute approximate surface area is 202 Å². The number of aromatic nitrogens is 2. The second kappa shape index (κ2) is 9.50. The van der Waals surface area contributed by atoms with Crippen molar-refractivity contribution in [3.05, 3.63) is 88.7 Å². The van der Waals surface area contributed by atoms with Crippen LogP contribution in [0.5, 0.6) is 5.75 Å². The maximum Gasteiger partial charge on any atom is 0.337 e. The number of fused-ring (bicyclic) bond motifs is 1. The summed E-state index contributed by atoms with van der Waals surface area (Å²) in [7, 11) is 2.93. The molecule has 8 nitrogen and oxygen atoms in total. The molecule has 0 atom stereocenters. The van der Waals surface area contributed by atoms with Crippen LogP contribution in [0, 0.1) is 0 Å². The normalized spacial score (nSPS) is 13.7. The summed E-state index contributed by atoms with van der Waals surface area (Å²) in [6, 6.07) is 22.5. The molecule has 1 fully saturated rings. The van der Waals surface area contributed by atoms with Gasteiger partial charge in [-0.25, -0.2) is 14.3 Å². The van der Waals surface area contributed by atoms with Gasteiger partial charge in [-0.2, -0.15) is 0 Å². The molecule has 0 spiro atoms. The lowest BCUT2D eigenvalue weighted by molar-refractivity contribution is 0.0601. The molecule has 3 aromatic carbocycles. The summed E-state index contributed by atoms with van der Waals surface area (Å²) < 4.78 is 11.9. The number of hydrogen-bond acceptors (Lipinski definition) is 7. The first-order chi connectivity index (χ1) is 17.1. The summed E-state index contributed by atoms with van der Waals surface area (Å²) in [4.78, 5) is 35.2. The fourth-order valence-corrected chi connectivity index (χ4v) is 4.42.